The maximum absolute atomic E-state index is 12.7. The van der Waals surface area contributed by atoms with Crippen LogP contribution in [0.4, 0.5) is 5.69 Å². The largest absolute Gasteiger partial charge is 0.368 e. The summed E-state index contributed by atoms with van der Waals surface area (Å²) >= 11 is 6.51. The highest BCUT2D eigenvalue weighted by atomic mass is 35.5. The van der Waals surface area contributed by atoms with Gasteiger partial charge < -0.3 is 15.2 Å². The summed E-state index contributed by atoms with van der Waals surface area (Å²) in [6.07, 6.45) is 6.83. The predicted octanol–water partition coefficient (Wildman–Crippen LogP) is 5.34. The van der Waals surface area contributed by atoms with E-state index in [1.54, 1.807) is 0 Å². The van der Waals surface area contributed by atoms with Crippen LogP contribution in [0.25, 0.3) is 10.9 Å². The highest BCUT2D eigenvalue weighted by Gasteiger charge is 2.19. The number of piperazine rings is 1. The van der Waals surface area contributed by atoms with Gasteiger partial charge in [0.2, 0.25) is 0 Å². The number of halogens is 1. The quantitative estimate of drug-likeness (QED) is 0.450. The molecule has 1 aliphatic heterocycles. The zero-order valence-corrected chi connectivity index (χ0v) is 20.9. The van der Waals surface area contributed by atoms with Crippen molar-refractivity contribution in [2.45, 2.75) is 45.4 Å². The van der Waals surface area contributed by atoms with E-state index in [2.05, 4.69) is 57.4 Å². The molecule has 2 aliphatic rings. The number of benzene rings is 2. The number of H-pyrrole nitrogens is 1. The lowest BCUT2D eigenvalue weighted by molar-refractivity contribution is 0.0952. The van der Waals surface area contributed by atoms with Crippen LogP contribution < -0.4 is 10.2 Å². The Balaban J connectivity index is 1.04. The Morgan fingerprint density at radius 2 is 1.88 bits per heavy atom. The number of carbonyl (C=O) groups is 1. The average molecular weight is 479 g/mol. The predicted molar refractivity (Wildman–Crippen MR) is 141 cm³/mol. The van der Waals surface area contributed by atoms with Crippen molar-refractivity contribution < 1.29 is 4.79 Å². The van der Waals surface area contributed by atoms with Gasteiger partial charge in [-0.3, -0.25) is 9.69 Å². The van der Waals surface area contributed by atoms with Gasteiger partial charge in [0.15, 0.2) is 0 Å². The Kier molecular flexibility index (Phi) is 7.12. The second kappa shape index (κ2) is 10.4. The molecule has 0 saturated carbocycles. The summed E-state index contributed by atoms with van der Waals surface area (Å²) in [4.78, 5) is 21.2. The van der Waals surface area contributed by atoms with Crippen LogP contribution in [0.15, 0.2) is 36.4 Å². The first-order valence-electron chi connectivity index (χ1n) is 12.7. The van der Waals surface area contributed by atoms with E-state index < -0.39 is 0 Å². The number of hydrogen-bond acceptors (Lipinski definition) is 3. The topological polar surface area (TPSA) is 51.4 Å². The van der Waals surface area contributed by atoms with Gasteiger partial charge >= 0.3 is 0 Å². The van der Waals surface area contributed by atoms with Crippen molar-refractivity contribution in [2.24, 2.45) is 0 Å². The Morgan fingerprint density at radius 1 is 1.06 bits per heavy atom. The van der Waals surface area contributed by atoms with Crippen molar-refractivity contribution in [1.82, 2.24) is 15.2 Å². The smallest absolute Gasteiger partial charge is 0.251 e. The van der Waals surface area contributed by atoms with Crippen molar-refractivity contribution >= 4 is 34.1 Å². The second-order valence-corrected chi connectivity index (χ2v) is 10.1. The van der Waals surface area contributed by atoms with E-state index in [1.807, 2.05) is 6.07 Å². The Hall–Kier alpha value is -2.50. The molecule has 2 aromatic carbocycles. The molecule has 180 valence electrons. The number of aromatic nitrogens is 1. The van der Waals surface area contributed by atoms with E-state index in [0.717, 1.165) is 92.3 Å². The number of aromatic amines is 1. The number of aryl methyl sites for hydroxylation is 3. The fourth-order valence-corrected chi connectivity index (χ4v) is 5.65. The number of rotatable bonds is 7. The Morgan fingerprint density at radius 3 is 2.74 bits per heavy atom. The van der Waals surface area contributed by atoms with Crippen LogP contribution >= 0.6 is 11.6 Å². The third-order valence-electron chi connectivity index (χ3n) is 7.43. The molecule has 1 aliphatic carbocycles. The van der Waals surface area contributed by atoms with E-state index in [4.69, 9.17) is 11.6 Å². The molecule has 5 nitrogen and oxygen atoms in total. The summed E-state index contributed by atoms with van der Waals surface area (Å²) in [7, 11) is 0. The molecule has 0 bridgehead atoms. The van der Waals surface area contributed by atoms with Gasteiger partial charge in [0.1, 0.15) is 0 Å². The lowest BCUT2D eigenvalue weighted by Gasteiger charge is -2.36. The van der Waals surface area contributed by atoms with Gasteiger partial charge in [0.25, 0.3) is 5.91 Å². The summed E-state index contributed by atoms with van der Waals surface area (Å²) in [6.45, 7) is 7.98. The van der Waals surface area contributed by atoms with Gasteiger partial charge in [-0.05, 0) is 87.4 Å². The maximum atomic E-state index is 12.7. The molecule has 1 saturated heterocycles. The van der Waals surface area contributed by atoms with Crippen molar-refractivity contribution in [3.8, 4) is 0 Å². The molecule has 1 amide bonds. The van der Waals surface area contributed by atoms with Gasteiger partial charge in [0, 0.05) is 54.9 Å². The molecule has 0 atom stereocenters. The molecule has 1 fully saturated rings. The monoisotopic (exact) mass is 478 g/mol. The molecular weight excluding hydrogens is 444 g/mol. The SMILES string of the molecule is Cc1cccc(N2CCN(CCCCNC(=O)c3ccc4[nH]c5c(c4c3)CCCC5)CC2)c1Cl. The number of fused-ring (bicyclic) bond motifs is 3. The Bertz CT molecular complexity index is 1160. The van der Waals surface area contributed by atoms with Crippen LogP contribution in [-0.4, -0.2) is 55.1 Å². The summed E-state index contributed by atoms with van der Waals surface area (Å²) < 4.78 is 0. The van der Waals surface area contributed by atoms with Gasteiger partial charge in [0.05, 0.1) is 10.7 Å². The van der Waals surface area contributed by atoms with Crippen LogP contribution in [0, 0.1) is 6.92 Å². The molecule has 5 rings (SSSR count). The van der Waals surface area contributed by atoms with Crippen LogP contribution in [0.1, 0.15) is 52.9 Å². The highest BCUT2D eigenvalue weighted by Crippen LogP contribution is 2.30. The van der Waals surface area contributed by atoms with E-state index in [-0.39, 0.29) is 5.91 Å². The van der Waals surface area contributed by atoms with Gasteiger partial charge in [-0.1, -0.05) is 23.7 Å². The molecule has 0 unspecified atom stereocenters. The number of nitrogens with zero attached hydrogens (tertiary/aromatic N) is 2. The number of carbonyl (C=O) groups excluding carboxylic acids is 1. The number of hydrogen-bond donors (Lipinski definition) is 2. The summed E-state index contributed by atoms with van der Waals surface area (Å²) in [6, 6.07) is 12.3. The fourth-order valence-electron chi connectivity index (χ4n) is 5.40. The minimum absolute atomic E-state index is 0.0382. The van der Waals surface area contributed by atoms with E-state index in [1.165, 1.54) is 29.5 Å². The van der Waals surface area contributed by atoms with Gasteiger partial charge in [-0.15, -0.1) is 0 Å². The van der Waals surface area contributed by atoms with Crippen molar-refractivity contribution in [3.63, 3.8) is 0 Å². The van der Waals surface area contributed by atoms with Crippen LogP contribution in [0.5, 0.6) is 0 Å². The van der Waals surface area contributed by atoms with Gasteiger partial charge in [-0.2, -0.15) is 0 Å². The second-order valence-electron chi connectivity index (χ2n) is 9.75. The molecule has 1 aromatic heterocycles. The van der Waals surface area contributed by atoms with Crippen molar-refractivity contribution in [1.29, 1.82) is 0 Å². The molecule has 0 spiro atoms. The molecule has 2 heterocycles. The Labute approximate surface area is 207 Å². The standard InChI is InChI=1S/C28H35ClN4O/c1-20-7-6-10-26(27(20)29)33-17-15-32(16-18-33)14-5-4-13-30-28(34)21-11-12-25-23(19-21)22-8-2-3-9-24(22)31-25/h6-7,10-12,19,31H,2-5,8-9,13-18H2,1H3,(H,30,34). The molecule has 3 aromatic rings. The zero-order valence-electron chi connectivity index (χ0n) is 20.1. The maximum Gasteiger partial charge on any atom is 0.251 e. The number of nitrogens with one attached hydrogen (secondary N) is 2. The first-order chi connectivity index (χ1) is 16.6. The van der Waals surface area contributed by atoms with Gasteiger partial charge in [-0.25, -0.2) is 0 Å². The van der Waals surface area contributed by atoms with E-state index in [0.29, 0.717) is 0 Å². The van der Waals surface area contributed by atoms with Crippen LogP contribution in [0.2, 0.25) is 5.02 Å². The van der Waals surface area contributed by atoms with Crippen molar-refractivity contribution in [3.05, 3.63) is 63.8 Å². The average Bonchev–Trinajstić information content (AvgIpc) is 3.24. The fraction of sp³-hybridized carbons (Fsp3) is 0.464. The third kappa shape index (κ3) is 4.96. The molecule has 0 radical (unpaired) electrons. The highest BCUT2D eigenvalue weighted by molar-refractivity contribution is 6.34. The minimum atomic E-state index is 0.0382. The normalized spacial score (nSPS) is 16.6. The summed E-state index contributed by atoms with van der Waals surface area (Å²) in [5.41, 5.74) is 7.00. The lowest BCUT2D eigenvalue weighted by atomic mass is 9.95. The van der Waals surface area contributed by atoms with Crippen LogP contribution in [0.3, 0.4) is 0 Å². The first kappa shape index (κ1) is 23.3. The zero-order chi connectivity index (χ0) is 23.5. The lowest BCUT2D eigenvalue weighted by Crippen LogP contribution is -2.46. The minimum Gasteiger partial charge on any atom is -0.368 e. The summed E-state index contributed by atoms with van der Waals surface area (Å²) in [5.74, 6) is 0.0382. The number of amides is 1. The van der Waals surface area contributed by atoms with Crippen molar-refractivity contribution in [2.75, 3.05) is 44.2 Å². The molecular formula is C28H35ClN4O. The molecule has 6 heteroatoms. The number of anilines is 1. The number of unbranched alkanes of at least 4 members (excludes halogenated alkanes) is 1. The van der Waals surface area contributed by atoms with E-state index >= 15 is 0 Å². The van der Waals surface area contributed by atoms with E-state index in [9.17, 15) is 4.79 Å². The van der Waals surface area contributed by atoms with Crippen LogP contribution in [-0.2, 0) is 12.8 Å². The first-order valence-corrected chi connectivity index (χ1v) is 13.1. The summed E-state index contributed by atoms with van der Waals surface area (Å²) in [5, 5.41) is 5.23. The molecule has 34 heavy (non-hydrogen) atoms. The third-order valence-corrected chi connectivity index (χ3v) is 7.92. The molecule has 2 N–H and O–H groups in total.